The van der Waals surface area contributed by atoms with E-state index >= 15 is 0 Å². The summed E-state index contributed by atoms with van der Waals surface area (Å²) < 4.78 is 13.4. The number of rotatable bonds is 1. The van der Waals surface area contributed by atoms with E-state index in [0.717, 1.165) is 22.0 Å². The highest BCUT2D eigenvalue weighted by Crippen LogP contribution is 2.28. The molecule has 1 aliphatic heterocycles. The molecule has 1 aromatic carbocycles. The molecule has 1 amide bonds. The molecule has 2 aromatic rings. The number of aromatic nitrogens is 1. The Hall–Kier alpha value is -2.43. The third-order valence-corrected chi connectivity index (χ3v) is 3.53. The monoisotopic (exact) mass is 272 g/mol. The quantitative estimate of drug-likeness (QED) is 0.867. The van der Waals surface area contributed by atoms with Crippen LogP contribution in [-0.4, -0.2) is 34.2 Å². The van der Waals surface area contributed by atoms with Crippen LogP contribution in [0.4, 0.5) is 9.18 Å². The van der Waals surface area contributed by atoms with Gasteiger partial charge in [-0.1, -0.05) is 6.08 Å². The second kappa shape index (κ2) is 4.92. The predicted octanol–water partition coefficient (Wildman–Crippen LogP) is 3.14. The third-order valence-electron chi connectivity index (χ3n) is 3.53. The predicted molar refractivity (Wildman–Crippen MR) is 73.9 cm³/mol. The number of carboxylic acid groups (broad SMARTS) is 1. The van der Waals surface area contributed by atoms with Gasteiger partial charge in [0.05, 0.1) is 5.52 Å². The van der Waals surface area contributed by atoms with E-state index in [-0.39, 0.29) is 5.82 Å². The van der Waals surface area contributed by atoms with Crippen LogP contribution in [0, 0.1) is 5.82 Å². The molecule has 3 rings (SSSR count). The summed E-state index contributed by atoms with van der Waals surface area (Å²) in [5.41, 5.74) is 2.71. The van der Waals surface area contributed by atoms with Gasteiger partial charge >= 0.3 is 6.09 Å². The lowest BCUT2D eigenvalue weighted by Gasteiger charge is -2.24. The number of pyridine rings is 1. The Bertz CT molecular complexity index is 712. The molecule has 20 heavy (non-hydrogen) atoms. The molecule has 4 nitrogen and oxygen atoms in total. The lowest BCUT2D eigenvalue weighted by molar-refractivity contribution is 0.150. The first kappa shape index (κ1) is 12.6. The molecule has 0 unspecified atom stereocenters. The normalized spacial score (nSPS) is 15.2. The van der Waals surface area contributed by atoms with Crippen molar-refractivity contribution in [2.24, 2.45) is 0 Å². The van der Waals surface area contributed by atoms with Crippen molar-refractivity contribution in [2.45, 2.75) is 6.42 Å². The molecule has 1 N–H and O–H groups in total. The molecule has 0 bridgehead atoms. The number of carbonyl (C=O) groups is 1. The van der Waals surface area contributed by atoms with E-state index < -0.39 is 6.09 Å². The Labute approximate surface area is 115 Å². The summed E-state index contributed by atoms with van der Waals surface area (Å²) in [5, 5.41) is 9.71. The molecule has 0 atom stereocenters. The molecule has 0 radical (unpaired) electrons. The first-order chi connectivity index (χ1) is 9.65. The molecule has 5 heteroatoms. The van der Waals surface area contributed by atoms with Crippen molar-refractivity contribution < 1.29 is 14.3 Å². The summed E-state index contributed by atoms with van der Waals surface area (Å²) in [4.78, 5) is 16.5. The molecule has 102 valence electrons. The van der Waals surface area contributed by atoms with Crippen LogP contribution in [0.5, 0.6) is 0 Å². The van der Waals surface area contributed by atoms with E-state index in [4.69, 9.17) is 5.11 Å². The fraction of sp³-hybridized carbons (Fsp3) is 0.200. The Balaban J connectivity index is 2.03. The van der Waals surface area contributed by atoms with E-state index in [9.17, 15) is 9.18 Å². The van der Waals surface area contributed by atoms with Crippen LogP contribution in [0.15, 0.2) is 36.5 Å². The van der Waals surface area contributed by atoms with E-state index in [1.54, 1.807) is 12.3 Å². The summed E-state index contributed by atoms with van der Waals surface area (Å²) in [5.74, 6) is -0.296. The summed E-state index contributed by atoms with van der Waals surface area (Å²) in [7, 11) is 0. The van der Waals surface area contributed by atoms with Crippen molar-refractivity contribution in [2.75, 3.05) is 13.1 Å². The third kappa shape index (κ3) is 2.22. The fourth-order valence-corrected chi connectivity index (χ4v) is 2.49. The van der Waals surface area contributed by atoms with Gasteiger partial charge in [0.1, 0.15) is 5.82 Å². The molecule has 0 fully saturated rings. The summed E-state index contributed by atoms with van der Waals surface area (Å²) >= 11 is 0. The summed E-state index contributed by atoms with van der Waals surface area (Å²) in [6.45, 7) is 0.824. The first-order valence-electron chi connectivity index (χ1n) is 6.37. The molecule has 0 aliphatic carbocycles. The van der Waals surface area contributed by atoms with Crippen LogP contribution in [0.2, 0.25) is 0 Å². The van der Waals surface area contributed by atoms with E-state index in [0.29, 0.717) is 19.5 Å². The topological polar surface area (TPSA) is 53.4 Å². The Morgan fingerprint density at radius 2 is 2.20 bits per heavy atom. The Morgan fingerprint density at radius 3 is 2.90 bits per heavy atom. The number of benzene rings is 1. The Morgan fingerprint density at radius 1 is 1.35 bits per heavy atom. The van der Waals surface area contributed by atoms with E-state index in [2.05, 4.69) is 4.98 Å². The van der Waals surface area contributed by atoms with Crippen molar-refractivity contribution in [3.63, 3.8) is 0 Å². The van der Waals surface area contributed by atoms with Gasteiger partial charge in [-0.05, 0) is 41.8 Å². The van der Waals surface area contributed by atoms with Gasteiger partial charge in [0.15, 0.2) is 0 Å². The van der Waals surface area contributed by atoms with Gasteiger partial charge in [-0.15, -0.1) is 0 Å². The molecule has 1 aromatic heterocycles. The zero-order valence-corrected chi connectivity index (χ0v) is 10.7. The lowest BCUT2D eigenvalue weighted by atomic mass is 9.96. The smallest absolute Gasteiger partial charge is 0.407 e. The highest BCUT2D eigenvalue weighted by molar-refractivity contribution is 5.91. The number of hydrogen-bond donors (Lipinski definition) is 1. The van der Waals surface area contributed by atoms with Gasteiger partial charge in [0.2, 0.25) is 0 Å². The van der Waals surface area contributed by atoms with Crippen molar-refractivity contribution >= 4 is 22.6 Å². The van der Waals surface area contributed by atoms with Gasteiger partial charge in [0.25, 0.3) is 0 Å². The van der Waals surface area contributed by atoms with Crippen LogP contribution in [-0.2, 0) is 0 Å². The van der Waals surface area contributed by atoms with Crippen molar-refractivity contribution in [3.8, 4) is 0 Å². The zero-order valence-electron chi connectivity index (χ0n) is 10.7. The maximum atomic E-state index is 13.4. The minimum Gasteiger partial charge on any atom is -0.465 e. The average Bonchev–Trinajstić information content (AvgIpc) is 2.46. The summed E-state index contributed by atoms with van der Waals surface area (Å²) in [6, 6.07) is 6.37. The Kier molecular flexibility index (Phi) is 3.10. The first-order valence-corrected chi connectivity index (χ1v) is 6.37. The average molecular weight is 272 g/mol. The largest absolute Gasteiger partial charge is 0.465 e. The minimum absolute atomic E-state index is 0.296. The number of hydrogen-bond acceptors (Lipinski definition) is 2. The molecule has 0 saturated carbocycles. The van der Waals surface area contributed by atoms with Gasteiger partial charge in [-0.25, -0.2) is 9.18 Å². The second-order valence-corrected chi connectivity index (χ2v) is 4.73. The van der Waals surface area contributed by atoms with Crippen molar-refractivity contribution in [3.05, 3.63) is 47.9 Å². The number of nitrogens with zero attached hydrogens (tertiary/aromatic N) is 2. The zero-order chi connectivity index (χ0) is 14.1. The van der Waals surface area contributed by atoms with Gasteiger partial charge in [0, 0.05) is 24.7 Å². The minimum atomic E-state index is -0.911. The molecular weight excluding hydrogens is 259 g/mol. The van der Waals surface area contributed by atoms with Crippen LogP contribution in [0.3, 0.4) is 0 Å². The van der Waals surface area contributed by atoms with Crippen molar-refractivity contribution in [1.82, 2.24) is 9.88 Å². The standard InChI is InChI=1S/C15H13FN2O2/c16-11-1-2-14-13(9-11)12(3-6-17-14)10-4-7-18(8-5-10)15(19)20/h1-4,6,9H,5,7-8H2,(H,19,20). The number of fused-ring (bicyclic) bond motifs is 1. The molecule has 0 spiro atoms. The highest BCUT2D eigenvalue weighted by atomic mass is 19.1. The van der Waals surface area contributed by atoms with Gasteiger partial charge < -0.3 is 10.0 Å². The maximum Gasteiger partial charge on any atom is 0.407 e. The summed E-state index contributed by atoms with van der Waals surface area (Å²) in [6.07, 6.45) is 3.30. The number of halogens is 1. The number of amides is 1. The molecule has 2 heterocycles. The molecular formula is C15H13FN2O2. The molecule has 0 saturated heterocycles. The van der Waals surface area contributed by atoms with E-state index in [1.807, 2.05) is 12.1 Å². The van der Waals surface area contributed by atoms with Crippen LogP contribution in [0.1, 0.15) is 12.0 Å². The van der Waals surface area contributed by atoms with Gasteiger partial charge in [-0.2, -0.15) is 0 Å². The van der Waals surface area contributed by atoms with Crippen LogP contribution >= 0.6 is 0 Å². The SMILES string of the molecule is O=C(O)N1CC=C(c2ccnc3ccc(F)cc23)CC1. The van der Waals surface area contributed by atoms with Crippen molar-refractivity contribution in [1.29, 1.82) is 0 Å². The van der Waals surface area contributed by atoms with Gasteiger partial charge in [-0.3, -0.25) is 4.98 Å². The molecule has 1 aliphatic rings. The maximum absolute atomic E-state index is 13.4. The fourth-order valence-electron chi connectivity index (χ4n) is 2.49. The van der Waals surface area contributed by atoms with Crippen LogP contribution in [0.25, 0.3) is 16.5 Å². The van der Waals surface area contributed by atoms with E-state index in [1.165, 1.54) is 17.0 Å². The lowest BCUT2D eigenvalue weighted by Crippen LogP contribution is -2.33. The van der Waals surface area contributed by atoms with Crippen LogP contribution < -0.4 is 0 Å². The highest BCUT2D eigenvalue weighted by Gasteiger charge is 2.18. The second-order valence-electron chi connectivity index (χ2n) is 4.73.